The molecule has 4 aromatic rings. The van der Waals surface area contributed by atoms with E-state index in [0.717, 1.165) is 5.56 Å². The average molecular weight is 392 g/mol. The molecule has 146 valence electrons. The average Bonchev–Trinajstić information content (AvgIpc) is 3.35. The zero-order chi connectivity index (χ0) is 20.4. The number of hydrogen-bond acceptors (Lipinski definition) is 2. The van der Waals surface area contributed by atoms with E-state index < -0.39 is 0 Å². The van der Waals surface area contributed by atoms with Gasteiger partial charge in [0.1, 0.15) is 17.2 Å². The highest BCUT2D eigenvalue weighted by Crippen LogP contribution is 2.23. The van der Waals surface area contributed by atoms with Crippen LogP contribution in [0.3, 0.4) is 0 Å². The summed E-state index contributed by atoms with van der Waals surface area (Å²) in [5.41, 5.74) is 2.36. The minimum absolute atomic E-state index is 0.255. The Morgan fingerprint density at radius 3 is 2.17 bits per heavy atom. The number of aromatic nitrogens is 3. The monoisotopic (exact) mass is 392 g/mol. The molecule has 0 aliphatic carbocycles. The number of halogens is 2. The van der Waals surface area contributed by atoms with Gasteiger partial charge in [-0.1, -0.05) is 12.1 Å². The number of aryl methyl sites for hydroxylation is 1. The third-order valence-corrected chi connectivity index (χ3v) is 4.55. The first kappa shape index (κ1) is 18.6. The molecule has 0 saturated heterocycles. The summed E-state index contributed by atoms with van der Waals surface area (Å²) in [5, 5.41) is 7.38. The van der Waals surface area contributed by atoms with Crippen molar-refractivity contribution < 1.29 is 13.6 Å². The highest BCUT2D eigenvalue weighted by atomic mass is 19.1. The molecule has 4 rings (SSSR count). The molecule has 2 aromatic heterocycles. The van der Waals surface area contributed by atoms with Crippen LogP contribution in [0.5, 0.6) is 0 Å². The highest BCUT2D eigenvalue weighted by Gasteiger charge is 2.23. The lowest BCUT2D eigenvalue weighted by Gasteiger charge is -2.11. The van der Waals surface area contributed by atoms with Crippen molar-refractivity contribution in [2.24, 2.45) is 0 Å². The van der Waals surface area contributed by atoms with Gasteiger partial charge >= 0.3 is 0 Å². The van der Waals surface area contributed by atoms with Gasteiger partial charge in [-0.2, -0.15) is 5.10 Å². The molecule has 0 spiro atoms. The largest absolute Gasteiger partial charge is 0.348 e. The van der Waals surface area contributed by atoms with Crippen LogP contribution in [0.25, 0.3) is 11.5 Å². The van der Waals surface area contributed by atoms with Gasteiger partial charge in [-0.05, 0) is 61.0 Å². The Morgan fingerprint density at radius 1 is 0.966 bits per heavy atom. The van der Waals surface area contributed by atoms with Gasteiger partial charge in [0, 0.05) is 18.9 Å². The van der Waals surface area contributed by atoms with Crippen molar-refractivity contribution in [1.82, 2.24) is 19.7 Å². The summed E-state index contributed by atoms with van der Waals surface area (Å²) in [7, 11) is 0. The maximum absolute atomic E-state index is 13.4. The lowest BCUT2D eigenvalue weighted by atomic mass is 10.2. The van der Waals surface area contributed by atoms with Crippen LogP contribution in [0.2, 0.25) is 0 Å². The van der Waals surface area contributed by atoms with Crippen molar-refractivity contribution in [3.8, 4) is 11.5 Å². The smallest absolute Gasteiger partial charge is 0.257 e. The molecule has 0 unspecified atom stereocenters. The van der Waals surface area contributed by atoms with Crippen molar-refractivity contribution in [3.05, 3.63) is 102 Å². The molecule has 1 amide bonds. The molecular weight excluding hydrogens is 374 g/mol. The van der Waals surface area contributed by atoms with E-state index in [2.05, 4.69) is 10.4 Å². The summed E-state index contributed by atoms with van der Waals surface area (Å²) in [5.74, 6) is -0.427. The van der Waals surface area contributed by atoms with Gasteiger partial charge in [-0.25, -0.2) is 13.5 Å². The zero-order valence-electron chi connectivity index (χ0n) is 15.6. The summed E-state index contributed by atoms with van der Waals surface area (Å²) in [6.45, 7) is 2.01. The Labute approximate surface area is 166 Å². The molecular formula is C22H18F2N4O. The van der Waals surface area contributed by atoms with E-state index in [1.54, 1.807) is 40.4 Å². The predicted molar refractivity (Wildman–Crippen MR) is 105 cm³/mol. The second-order valence-corrected chi connectivity index (χ2v) is 6.57. The van der Waals surface area contributed by atoms with Gasteiger partial charge in [-0.3, -0.25) is 4.79 Å². The van der Waals surface area contributed by atoms with Crippen LogP contribution in [0.15, 0.2) is 73.1 Å². The predicted octanol–water partition coefficient (Wildman–Crippen LogP) is 4.18. The van der Waals surface area contributed by atoms with Crippen molar-refractivity contribution in [3.63, 3.8) is 0 Å². The van der Waals surface area contributed by atoms with E-state index >= 15 is 0 Å². The zero-order valence-corrected chi connectivity index (χ0v) is 15.6. The van der Waals surface area contributed by atoms with Crippen LogP contribution in [-0.4, -0.2) is 20.3 Å². The Hall–Kier alpha value is -3.74. The molecule has 0 bridgehead atoms. The minimum atomic E-state index is -0.350. The molecule has 2 heterocycles. The van der Waals surface area contributed by atoms with Crippen LogP contribution < -0.4 is 5.32 Å². The number of nitrogens with one attached hydrogen (secondary N) is 1. The maximum Gasteiger partial charge on any atom is 0.257 e. The molecule has 2 aromatic carbocycles. The fourth-order valence-electron chi connectivity index (χ4n) is 3.13. The van der Waals surface area contributed by atoms with Crippen molar-refractivity contribution in [2.75, 3.05) is 0 Å². The number of benzene rings is 2. The molecule has 0 radical (unpaired) electrons. The van der Waals surface area contributed by atoms with Gasteiger partial charge in [0.15, 0.2) is 5.82 Å². The van der Waals surface area contributed by atoms with Crippen molar-refractivity contribution in [2.45, 2.75) is 13.5 Å². The van der Waals surface area contributed by atoms with E-state index in [-0.39, 0.29) is 24.1 Å². The normalized spacial score (nSPS) is 10.9. The van der Waals surface area contributed by atoms with E-state index in [9.17, 15) is 13.6 Å². The van der Waals surface area contributed by atoms with Gasteiger partial charge in [0.25, 0.3) is 5.91 Å². The SMILES string of the molecule is Cc1nn(-c2ccc(F)cc2)c(-n2cccc2)c1C(=O)NCc1ccc(F)cc1. The summed E-state index contributed by atoms with van der Waals surface area (Å²) >= 11 is 0. The second-order valence-electron chi connectivity index (χ2n) is 6.57. The van der Waals surface area contributed by atoms with Crippen LogP contribution in [-0.2, 0) is 6.54 Å². The van der Waals surface area contributed by atoms with Crippen LogP contribution in [0.1, 0.15) is 21.6 Å². The maximum atomic E-state index is 13.4. The Morgan fingerprint density at radius 2 is 1.55 bits per heavy atom. The number of rotatable bonds is 5. The number of nitrogens with zero attached hydrogens (tertiary/aromatic N) is 3. The van der Waals surface area contributed by atoms with Gasteiger partial charge in [0.05, 0.1) is 11.4 Å². The number of amides is 1. The van der Waals surface area contributed by atoms with E-state index in [1.165, 1.54) is 24.3 Å². The van der Waals surface area contributed by atoms with Crippen LogP contribution >= 0.6 is 0 Å². The van der Waals surface area contributed by atoms with Crippen molar-refractivity contribution in [1.29, 1.82) is 0 Å². The molecule has 0 saturated carbocycles. The molecule has 0 aliphatic rings. The molecule has 0 fully saturated rings. The van der Waals surface area contributed by atoms with Gasteiger partial charge in [0.2, 0.25) is 0 Å². The lowest BCUT2D eigenvalue weighted by molar-refractivity contribution is 0.0950. The molecule has 7 heteroatoms. The molecule has 0 aliphatic heterocycles. The summed E-state index contributed by atoms with van der Waals surface area (Å²) in [6, 6.07) is 15.5. The van der Waals surface area contributed by atoms with E-state index in [1.807, 2.05) is 24.5 Å². The molecule has 1 N–H and O–H groups in total. The summed E-state index contributed by atoms with van der Waals surface area (Å²) in [6.07, 6.45) is 3.63. The molecule has 0 atom stereocenters. The third kappa shape index (κ3) is 3.80. The quantitative estimate of drug-likeness (QED) is 0.554. The Kier molecular flexibility index (Phi) is 4.95. The molecule has 5 nitrogen and oxygen atoms in total. The van der Waals surface area contributed by atoms with Crippen LogP contribution in [0.4, 0.5) is 8.78 Å². The standard InChI is InChI=1S/C22H18F2N4O/c1-15-20(21(29)25-14-16-4-6-17(23)7-5-16)22(27-12-2-3-13-27)28(26-15)19-10-8-18(24)9-11-19/h2-13H,14H2,1H3,(H,25,29). The first-order chi connectivity index (χ1) is 14.0. The molecule has 29 heavy (non-hydrogen) atoms. The summed E-state index contributed by atoms with van der Waals surface area (Å²) in [4.78, 5) is 13.0. The first-order valence-electron chi connectivity index (χ1n) is 9.04. The summed E-state index contributed by atoms with van der Waals surface area (Å²) < 4.78 is 29.8. The Balaban J connectivity index is 1.71. The minimum Gasteiger partial charge on any atom is -0.348 e. The number of carbonyl (C=O) groups excluding carboxylic acids is 1. The van der Waals surface area contributed by atoms with Gasteiger partial charge < -0.3 is 9.88 Å². The van der Waals surface area contributed by atoms with E-state index in [4.69, 9.17) is 0 Å². The topological polar surface area (TPSA) is 51.9 Å². The van der Waals surface area contributed by atoms with Crippen LogP contribution in [0, 0.1) is 18.6 Å². The van der Waals surface area contributed by atoms with Gasteiger partial charge in [-0.15, -0.1) is 0 Å². The fourth-order valence-corrected chi connectivity index (χ4v) is 3.13. The highest BCUT2D eigenvalue weighted by molar-refractivity contribution is 5.98. The number of hydrogen-bond donors (Lipinski definition) is 1. The Bertz CT molecular complexity index is 1130. The van der Waals surface area contributed by atoms with Crippen molar-refractivity contribution >= 4 is 5.91 Å². The first-order valence-corrected chi connectivity index (χ1v) is 9.04. The fraction of sp³-hybridized carbons (Fsp3) is 0.0909. The van der Waals surface area contributed by atoms with E-state index in [0.29, 0.717) is 22.8 Å². The number of carbonyl (C=O) groups is 1. The lowest BCUT2D eigenvalue weighted by Crippen LogP contribution is -2.24. The third-order valence-electron chi connectivity index (χ3n) is 4.55. The second kappa shape index (κ2) is 7.71.